The minimum Gasteiger partial charge on any atom is -0.384 e. The Morgan fingerprint density at radius 2 is 2.05 bits per heavy atom. The molecule has 0 radical (unpaired) electrons. The fraction of sp³-hybridized carbons (Fsp3) is 0.267. The molecule has 1 aromatic carbocycles. The van der Waals surface area contributed by atoms with Crippen LogP contribution >= 0.6 is 0 Å². The lowest BCUT2D eigenvalue weighted by molar-refractivity contribution is 0.617. The number of amidine groups is 1. The van der Waals surface area contributed by atoms with Crippen LogP contribution in [0, 0.1) is 19.3 Å². The normalized spacial score (nSPS) is 10.6. The van der Waals surface area contributed by atoms with Crippen molar-refractivity contribution in [1.82, 2.24) is 9.78 Å². The van der Waals surface area contributed by atoms with E-state index >= 15 is 0 Å². The number of nitrogens with two attached hydrogens (primary N) is 1. The molecular formula is C15H18N4O. The van der Waals surface area contributed by atoms with Crippen molar-refractivity contribution in [3.05, 3.63) is 51.3 Å². The van der Waals surface area contributed by atoms with Crippen LogP contribution in [-0.4, -0.2) is 15.6 Å². The van der Waals surface area contributed by atoms with E-state index in [0.29, 0.717) is 12.2 Å². The minimum atomic E-state index is -0.325. The fourth-order valence-electron chi connectivity index (χ4n) is 2.09. The topological polar surface area (TPSA) is 84.8 Å². The van der Waals surface area contributed by atoms with Gasteiger partial charge in [0, 0.05) is 12.1 Å². The third kappa shape index (κ3) is 2.47. The van der Waals surface area contributed by atoms with Gasteiger partial charge in [-0.05, 0) is 38.5 Å². The highest BCUT2D eigenvalue weighted by Crippen LogP contribution is 2.22. The van der Waals surface area contributed by atoms with E-state index in [2.05, 4.69) is 5.10 Å². The van der Waals surface area contributed by atoms with E-state index in [1.807, 2.05) is 39.0 Å². The second-order valence-corrected chi connectivity index (χ2v) is 4.80. The molecule has 0 atom stereocenters. The third-order valence-electron chi connectivity index (χ3n) is 3.23. The molecule has 0 saturated carbocycles. The quantitative estimate of drug-likeness (QED) is 0.659. The zero-order valence-corrected chi connectivity index (χ0v) is 11.9. The van der Waals surface area contributed by atoms with E-state index in [9.17, 15) is 4.79 Å². The van der Waals surface area contributed by atoms with Crippen LogP contribution in [0.5, 0.6) is 0 Å². The first kappa shape index (κ1) is 14.0. The number of rotatable bonds is 3. The van der Waals surface area contributed by atoms with E-state index in [1.165, 1.54) is 4.68 Å². The maximum atomic E-state index is 12.1. The molecule has 5 nitrogen and oxygen atoms in total. The van der Waals surface area contributed by atoms with Crippen LogP contribution in [0.25, 0.3) is 11.3 Å². The van der Waals surface area contributed by atoms with Gasteiger partial charge in [0.2, 0.25) is 0 Å². The summed E-state index contributed by atoms with van der Waals surface area (Å²) in [5.74, 6) is -0.230. The Hall–Kier alpha value is -2.43. The van der Waals surface area contributed by atoms with Gasteiger partial charge < -0.3 is 5.73 Å². The van der Waals surface area contributed by atoms with Crippen molar-refractivity contribution in [2.24, 2.45) is 5.73 Å². The van der Waals surface area contributed by atoms with E-state index in [1.54, 1.807) is 6.07 Å². The molecule has 5 heteroatoms. The number of hydrogen-bond acceptors (Lipinski definition) is 3. The second-order valence-electron chi connectivity index (χ2n) is 4.80. The molecule has 1 aromatic heterocycles. The summed E-state index contributed by atoms with van der Waals surface area (Å²) in [4.78, 5) is 12.1. The zero-order valence-electron chi connectivity index (χ0n) is 11.9. The molecule has 104 valence electrons. The van der Waals surface area contributed by atoms with E-state index < -0.39 is 0 Å². The molecule has 2 rings (SSSR count). The number of hydrogen-bond donors (Lipinski definition) is 2. The molecule has 0 fully saturated rings. The summed E-state index contributed by atoms with van der Waals surface area (Å²) in [6.45, 7) is 6.28. The van der Waals surface area contributed by atoms with Gasteiger partial charge in [-0.25, -0.2) is 4.68 Å². The van der Waals surface area contributed by atoms with Gasteiger partial charge in [-0.1, -0.05) is 17.7 Å². The summed E-state index contributed by atoms with van der Waals surface area (Å²) in [5.41, 5.74) is 9.17. The van der Waals surface area contributed by atoms with Gasteiger partial charge in [0.15, 0.2) is 0 Å². The van der Waals surface area contributed by atoms with E-state index in [4.69, 9.17) is 11.1 Å². The first-order chi connectivity index (χ1) is 9.43. The molecule has 0 unspecified atom stereocenters. The first-order valence-electron chi connectivity index (χ1n) is 6.48. The SMILES string of the molecule is CCn1nc(-c2cc(C)ccc2C)cc(C(=N)N)c1=O. The lowest BCUT2D eigenvalue weighted by Gasteiger charge is -2.11. The van der Waals surface area contributed by atoms with Crippen molar-refractivity contribution in [3.8, 4) is 11.3 Å². The van der Waals surface area contributed by atoms with Crippen molar-refractivity contribution in [3.63, 3.8) is 0 Å². The van der Waals surface area contributed by atoms with Crippen LogP contribution in [-0.2, 0) is 6.54 Å². The standard InChI is InChI=1S/C15H18N4O/c1-4-19-15(20)12(14(16)17)8-13(18-19)11-7-9(2)5-6-10(11)3/h5-8H,4H2,1-3H3,(H3,16,17). The second kappa shape index (κ2) is 5.28. The smallest absolute Gasteiger partial charge is 0.277 e. The molecule has 1 heterocycles. The van der Waals surface area contributed by atoms with Crippen molar-refractivity contribution in [1.29, 1.82) is 5.41 Å². The molecule has 0 spiro atoms. The van der Waals surface area contributed by atoms with Crippen LogP contribution in [0.3, 0.4) is 0 Å². The monoisotopic (exact) mass is 270 g/mol. The maximum absolute atomic E-state index is 12.1. The predicted octanol–water partition coefficient (Wildman–Crippen LogP) is 1.83. The highest BCUT2D eigenvalue weighted by Gasteiger charge is 2.12. The minimum absolute atomic E-state index is 0.192. The molecule has 20 heavy (non-hydrogen) atoms. The Kier molecular flexibility index (Phi) is 3.70. The lowest BCUT2D eigenvalue weighted by Crippen LogP contribution is -2.31. The molecule has 2 aromatic rings. The molecule has 0 saturated heterocycles. The Morgan fingerprint density at radius 3 is 2.65 bits per heavy atom. The lowest BCUT2D eigenvalue weighted by atomic mass is 10.0. The van der Waals surface area contributed by atoms with Crippen molar-refractivity contribution in [2.75, 3.05) is 0 Å². The number of aromatic nitrogens is 2. The average molecular weight is 270 g/mol. The molecule has 0 aliphatic heterocycles. The van der Waals surface area contributed by atoms with Gasteiger partial charge >= 0.3 is 0 Å². The first-order valence-corrected chi connectivity index (χ1v) is 6.48. The van der Waals surface area contributed by atoms with E-state index in [-0.39, 0.29) is 17.0 Å². The summed E-state index contributed by atoms with van der Waals surface area (Å²) < 4.78 is 1.34. The van der Waals surface area contributed by atoms with Crippen LogP contribution < -0.4 is 11.3 Å². The van der Waals surface area contributed by atoms with Crippen LogP contribution in [0.2, 0.25) is 0 Å². The molecule has 0 amide bonds. The summed E-state index contributed by atoms with van der Waals surface area (Å²) in [6.07, 6.45) is 0. The Balaban J connectivity index is 2.75. The summed E-state index contributed by atoms with van der Waals surface area (Å²) in [7, 11) is 0. The van der Waals surface area contributed by atoms with Gasteiger partial charge in [0.05, 0.1) is 11.3 Å². The number of nitrogen functional groups attached to an aromatic ring is 1. The Bertz CT molecular complexity index is 731. The van der Waals surface area contributed by atoms with Gasteiger partial charge in [0.25, 0.3) is 5.56 Å². The fourth-order valence-corrected chi connectivity index (χ4v) is 2.09. The van der Waals surface area contributed by atoms with Crippen LogP contribution in [0.4, 0.5) is 0 Å². The summed E-state index contributed by atoms with van der Waals surface area (Å²) >= 11 is 0. The number of nitrogens with zero attached hydrogens (tertiary/aromatic N) is 2. The zero-order chi connectivity index (χ0) is 14.9. The largest absolute Gasteiger partial charge is 0.384 e. The predicted molar refractivity (Wildman–Crippen MR) is 80.1 cm³/mol. The van der Waals surface area contributed by atoms with Crippen molar-refractivity contribution in [2.45, 2.75) is 27.3 Å². The van der Waals surface area contributed by atoms with E-state index in [0.717, 1.165) is 16.7 Å². The average Bonchev–Trinajstić information content (AvgIpc) is 2.41. The van der Waals surface area contributed by atoms with Gasteiger partial charge in [-0.3, -0.25) is 10.2 Å². The summed E-state index contributed by atoms with van der Waals surface area (Å²) in [6, 6.07) is 7.66. The summed E-state index contributed by atoms with van der Waals surface area (Å²) in [5, 5.41) is 11.9. The number of aryl methyl sites for hydroxylation is 3. The molecule has 0 bridgehead atoms. The van der Waals surface area contributed by atoms with Crippen molar-refractivity contribution < 1.29 is 0 Å². The van der Waals surface area contributed by atoms with Gasteiger partial charge in [-0.15, -0.1) is 0 Å². The van der Waals surface area contributed by atoms with Crippen LogP contribution in [0.15, 0.2) is 29.1 Å². The third-order valence-corrected chi connectivity index (χ3v) is 3.23. The molecule has 0 aliphatic rings. The number of nitrogens with one attached hydrogen (secondary N) is 1. The number of benzene rings is 1. The van der Waals surface area contributed by atoms with Crippen molar-refractivity contribution >= 4 is 5.84 Å². The van der Waals surface area contributed by atoms with Crippen LogP contribution in [0.1, 0.15) is 23.6 Å². The maximum Gasteiger partial charge on any atom is 0.277 e. The van der Waals surface area contributed by atoms with Gasteiger partial charge in [0.1, 0.15) is 5.84 Å². The Labute approximate surface area is 117 Å². The highest BCUT2D eigenvalue weighted by atomic mass is 16.1. The highest BCUT2D eigenvalue weighted by molar-refractivity contribution is 5.95. The molecular weight excluding hydrogens is 252 g/mol. The Morgan fingerprint density at radius 1 is 1.35 bits per heavy atom. The molecule has 0 aliphatic carbocycles. The van der Waals surface area contributed by atoms with Gasteiger partial charge in [-0.2, -0.15) is 5.10 Å². The molecule has 3 N–H and O–H groups in total.